The molecule has 1 N–H and O–H groups in total. The third kappa shape index (κ3) is 2.80. The van der Waals surface area contributed by atoms with Crippen LogP contribution < -0.4 is 5.32 Å². The Bertz CT molecular complexity index is 365. The number of nitrogens with one attached hydrogen (secondary N) is 1. The third-order valence-corrected chi connectivity index (χ3v) is 6.30. The van der Waals surface area contributed by atoms with Crippen LogP contribution in [0.2, 0.25) is 0 Å². The molecule has 0 unspecified atom stereocenters. The van der Waals surface area contributed by atoms with Crippen molar-refractivity contribution in [2.45, 2.75) is 75.8 Å². The minimum absolute atomic E-state index is 0.401. The van der Waals surface area contributed by atoms with Crippen LogP contribution >= 0.6 is 11.6 Å². The van der Waals surface area contributed by atoms with Crippen molar-refractivity contribution in [2.75, 3.05) is 19.6 Å². The van der Waals surface area contributed by atoms with E-state index in [1.807, 2.05) is 0 Å². The fourth-order valence-corrected chi connectivity index (χ4v) is 4.77. The first-order valence-corrected chi connectivity index (χ1v) is 8.88. The van der Waals surface area contributed by atoms with E-state index in [0.717, 1.165) is 6.54 Å². The van der Waals surface area contributed by atoms with Crippen LogP contribution in [-0.4, -0.2) is 35.6 Å². The van der Waals surface area contributed by atoms with Crippen LogP contribution in [0.3, 0.4) is 0 Å². The van der Waals surface area contributed by atoms with Crippen molar-refractivity contribution < 1.29 is 0 Å². The Hall–Kier alpha value is -0.0500. The summed E-state index contributed by atoms with van der Waals surface area (Å²) in [5.41, 5.74) is 3.91. The summed E-state index contributed by atoms with van der Waals surface area (Å²) < 4.78 is 0. The van der Waals surface area contributed by atoms with Crippen LogP contribution in [0, 0.1) is 0 Å². The molecule has 2 aliphatic carbocycles. The smallest absolute Gasteiger partial charge is 0.0338 e. The molecule has 1 saturated heterocycles. The first kappa shape index (κ1) is 14.9. The molecule has 0 aromatic rings. The Morgan fingerprint density at radius 1 is 1.10 bits per heavy atom. The molecule has 3 fully saturated rings. The van der Waals surface area contributed by atoms with Crippen LogP contribution in [0.5, 0.6) is 0 Å². The maximum absolute atomic E-state index is 5.94. The maximum Gasteiger partial charge on any atom is 0.0338 e. The highest BCUT2D eigenvalue weighted by molar-refractivity contribution is 6.25. The lowest BCUT2D eigenvalue weighted by Gasteiger charge is -2.55. The Morgan fingerprint density at radius 3 is 2.40 bits per heavy atom. The summed E-state index contributed by atoms with van der Waals surface area (Å²) >= 11 is 5.94. The lowest BCUT2D eigenvalue weighted by Crippen LogP contribution is -2.69. The van der Waals surface area contributed by atoms with E-state index >= 15 is 0 Å². The van der Waals surface area contributed by atoms with Gasteiger partial charge in [-0.1, -0.05) is 43.7 Å². The van der Waals surface area contributed by atoms with Gasteiger partial charge in [0.25, 0.3) is 0 Å². The van der Waals surface area contributed by atoms with E-state index in [-0.39, 0.29) is 0 Å². The van der Waals surface area contributed by atoms with Crippen LogP contribution in [0.4, 0.5) is 0 Å². The van der Waals surface area contributed by atoms with Gasteiger partial charge in [-0.05, 0) is 38.2 Å². The van der Waals surface area contributed by atoms with Crippen molar-refractivity contribution in [3.63, 3.8) is 0 Å². The zero-order valence-electron chi connectivity index (χ0n) is 12.9. The Kier molecular flexibility index (Phi) is 4.45. The molecular weight excluding hydrogens is 268 g/mol. The summed E-state index contributed by atoms with van der Waals surface area (Å²) in [7, 11) is 0. The normalized spacial score (nSPS) is 30.2. The first-order valence-electron chi connectivity index (χ1n) is 8.44. The monoisotopic (exact) mass is 296 g/mol. The molecule has 114 valence electrons. The summed E-state index contributed by atoms with van der Waals surface area (Å²) in [6, 6.07) is 0. The zero-order valence-corrected chi connectivity index (χ0v) is 13.6. The van der Waals surface area contributed by atoms with Gasteiger partial charge < -0.3 is 5.32 Å². The molecule has 1 heterocycles. The lowest BCUT2D eigenvalue weighted by molar-refractivity contribution is 0.000724. The first-order chi connectivity index (χ1) is 9.68. The summed E-state index contributed by atoms with van der Waals surface area (Å²) in [5, 5.41) is 3.99. The number of hydrogen-bond donors (Lipinski definition) is 1. The van der Waals surface area contributed by atoms with Gasteiger partial charge in [-0.2, -0.15) is 0 Å². The van der Waals surface area contributed by atoms with Crippen molar-refractivity contribution in [1.29, 1.82) is 0 Å². The SMILES string of the molecule is CC(=CCl)CN1CC2(CCCCC2)NCC12CCCC2. The molecule has 2 spiro atoms. The van der Waals surface area contributed by atoms with Crippen LogP contribution in [-0.2, 0) is 0 Å². The average Bonchev–Trinajstić information content (AvgIpc) is 2.94. The van der Waals surface area contributed by atoms with Gasteiger partial charge >= 0.3 is 0 Å². The molecule has 3 heteroatoms. The van der Waals surface area contributed by atoms with Crippen molar-refractivity contribution in [3.05, 3.63) is 11.1 Å². The largest absolute Gasteiger partial charge is 0.308 e. The molecule has 0 bridgehead atoms. The van der Waals surface area contributed by atoms with Gasteiger partial charge in [-0.15, -0.1) is 0 Å². The molecule has 3 rings (SSSR count). The molecule has 1 aliphatic heterocycles. The molecule has 0 amide bonds. The number of piperazine rings is 1. The fourth-order valence-electron chi connectivity index (χ4n) is 4.70. The minimum atomic E-state index is 0.401. The van der Waals surface area contributed by atoms with E-state index in [1.54, 1.807) is 5.54 Å². The predicted molar refractivity (Wildman–Crippen MR) is 86.2 cm³/mol. The predicted octanol–water partition coefficient (Wildman–Crippen LogP) is 4.05. The van der Waals surface area contributed by atoms with Gasteiger partial charge in [-0.3, -0.25) is 4.90 Å². The maximum atomic E-state index is 5.94. The summed E-state index contributed by atoms with van der Waals surface area (Å²) in [6.07, 6.45) is 12.5. The molecular formula is C17H29ClN2. The topological polar surface area (TPSA) is 15.3 Å². The third-order valence-electron chi connectivity index (χ3n) is 5.93. The van der Waals surface area contributed by atoms with E-state index in [4.69, 9.17) is 11.6 Å². The quantitative estimate of drug-likeness (QED) is 0.827. The molecule has 0 aromatic heterocycles. The second-order valence-electron chi connectivity index (χ2n) is 7.44. The molecule has 20 heavy (non-hydrogen) atoms. The molecule has 0 atom stereocenters. The standard InChI is InChI=1S/C17H29ClN2/c1-15(11-18)12-20-14-16(7-3-2-4-8-16)19-13-17(20)9-5-6-10-17/h11,19H,2-10,12-14H2,1H3. The second-order valence-corrected chi connectivity index (χ2v) is 7.66. The fraction of sp³-hybridized carbons (Fsp3) is 0.882. The molecule has 0 aromatic carbocycles. The number of hydrogen-bond acceptors (Lipinski definition) is 2. The summed E-state index contributed by atoms with van der Waals surface area (Å²) in [6.45, 7) is 5.66. The lowest BCUT2D eigenvalue weighted by atomic mass is 9.76. The highest BCUT2D eigenvalue weighted by Gasteiger charge is 2.48. The minimum Gasteiger partial charge on any atom is -0.308 e. The van der Waals surface area contributed by atoms with Gasteiger partial charge in [0, 0.05) is 36.2 Å². The Morgan fingerprint density at radius 2 is 1.75 bits per heavy atom. The van der Waals surface area contributed by atoms with E-state index in [2.05, 4.69) is 17.1 Å². The van der Waals surface area contributed by atoms with Crippen molar-refractivity contribution in [1.82, 2.24) is 10.2 Å². The van der Waals surface area contributed by atoms with Crippen LogP contribution in [0.25, 0.3) is 0 Å². The second kappa shape index (κ2) is 5.98. The van der Waals surface area contributed by atoms with Gasteiger partial charge in [0.2, 0.25) is 0 Å². The molecule has 3 aliphatic rings. The van der Waals surface area contributed by atoms with Crippen LogP contribution in [0.15, 0.2) is 11.1 Å². The van der Waals surface area contributed by atoms with E-state index in [9.17, 15) is 0 Å². The van der Waals surface area contributed by atoms with E-state index in [1.165, 1.54) is 76.5 Å². The number of rotatable bonds is 2. The highest BCUT2D eigenvalue weighted by Crippen LogP contribution is 2.42. The highest BCUT2D eigenvalue weighted by atomic mass is 35.5. The van der Waals surface area contributed by atoms with Crippen LogP contribution in [0.1, 0.15) is 64.7 Å². The summed E-state index contributed by atoms with van der Waals surface area (Å²) in [5.74, 6) is 0. The van der Waals surface area contributed by atoms with Gasteiger partial charge in [0.1, 0.15) is 0 Å². The number of nitrogens with zero attached hydrogens (tertiary/aromatic N) is 1. The number of halogens is 1. The van der Waals surface area contributed by atoms with Crippen molar-refractivity contribution in [2.24, 2.45) is 0 Å². The zero-order chi connectivity index (χ0) is 14.1. The Balaban J connectivity index is 1.78. The van der Waals surface area contributed by atoms with E-state index < -0.39 is 0 Å². The van der Waals surface area contributed by atoms with Gasteiger partial charge in [0.15, 0.2) is 0 Å². The van der Waals surface area contributed by atoms with Crippen molar-refractivity contribution >= 4 is 11.6 Å². The summed E-state index contributed by atoms with van der Waals surface area (Å²) in [4.78, 5) is 2.79. The van der Waals surface area contributed by atoms with Gasteiger partial charge in [-0.25, -0.2) is 0 Å². The molecule has 0 radical (unpaired) electrons. The molecule has 2 nitrogen and oxygen atoms in total. The van der Waals surface area contributed by atoms with Crippen molar-refractivity contribution in [3.8, 4) is 0 Å². The van der Waals surface area contributed by atoms with E-state index in [0.29, 0.717) is 11.1 Å². The van der Waals surface area contributed by atoms with Gasteiger partial charge in [0.05, 0.1) is 0 Å². The average molecular weight is 297 g/mol. The molecule has 2 saturated carbocycles. The Labute approximate surface area is 128 Å².